The van der Waals surface area contributed by atoms with Crippen molar-refractivity contribution in [3.05, 3.63) is 24.3 Å². The predicted octanol–water partition coefficient (Wildman–Crippen LogP) is 2.45. The van der Waals surface area contributed by atoms with Gasteiger partial charge in [-0.05, 0) is 43.7 Å². The SMILES string of the molecule is Cl.NCCCCCCC(=O)Nc1ccc(NC(N)=O)cc1. The summed E-state index contributed by atoms with van der Waals surface area (Å²) in [5.74, 6) is -0.00615. The van der Waals surface area contributed by atoms with E-state index in [1.165, 1.54) is 0 Å². The van der Waals surface area contributed by atoms with Gasteiger partial charge in [0.15, 0.2) is 0 Å². The minimum atomic E-state index is -0.612. The number of hydrogen-bond acceptors (Lipinski definition) is 3. The van der Waals surface area contributed by atoms with Gasteiger partial charge in [-0.1, -0.05) is 12.8 Å². The van der Waals surface area contributed by atoms with Gasteiger partial charge in [-0.2, -0.15) is 0 Å². The van der Waals surface area contributed by atoms with Gasteiger partial charge >= 0.3 is 6.03 Å². The highest BCUT2D eigenvalue weighted by molar-refractivity contribution is 5.91. The van der Waals surface area contributed by atoms with E-state index in [1.54, 1.807) is 24.3 Å². The van der Waals surface area contributed by atoms with E-state index in [0.717, 1.165) is 25.7 Å². The van der Waals surface area contributed by atoms with Gasteiger partial charge in [-0.25, -0.2) is 4.79 Å². The van der Waals surface area contributed by atoms with Gasteiger partial charge in [0.05, 0.1) is 0 Å². The monoisotopic (exact) mass is 314 g/mol. The molecule has 0 radical (unpaired) electrons. The highest BCUT2D eigenvalue weighted by Gasteiger charge is 2.02. The smallest absolute Gasteiger partial charge is 0.316 e. The number of unbranched alkanes of at least 4 members (excludes halogenated alkanes) is 3. The molecule has 0 heterocycles. The molecule has 0 aromatic heterocycles. The first-order valence-electron chi connectivity index (χ1n) is 6.78. The molecule has 0 aliphatic rings. The number of hydrogen-bond donors (Lipinski definition) is 4. The number of urea groups is 1. The minimum absolute atomic E-state index is 0. The normalized spacial score (nSPS) is 9.57. The molecule has 6 N–H and O–H groups in total. The molecule has 6 nitrogen and oxygen atoms in total. The molecule has 0 aliphatic carbocycles. The van der Waals surface area contributed by atoms with Crippen LogP contribution in [0.3, 0.4) is 0 Å². The van der Waals surface area contributed by atoms with Crippen molar-refractivity contribution in [3.8, 4) is 0 Å². The van der Waals surface area contributed by atoms with Gasteiger partial charge in [-0.3, -0.25) is 4.79 Å². The van der Waals surface area contributed by atoms with Crippen LogP contribution >= 0.6 is 12.4 Å². The Kier molecular flexibility index (Phi) is 10.0. The summed E-state index contributed by atoms with van der Waals surface area (Å²) < 4.78 is 0. The van der Waals surface area contributed by atoms with E-state index in [1.807, 2.05) is 0 Å². The van der Waals surface area contributed by atoms with E-state index in [-0.39, 0.29) is 18.3 Å². The molecule has 0 fully saturated rings. The van der Waals surface area contributed by atoms with Gasteiger partial charge in [0.2, 0.25) is 5.91 Å². The summed E-state index contributed by atoms with van der Waals surface area (Å²) in [4.78, 5) is 22.3. The second-order valence-electron chi connectivity index (χ2n) is 4.57. The van der Waals surface area contributed by atoms with E-state index in [0.29, 0.717) is 24.3 Å². The molecule has 21 heavy (non-hydrogen) atoms. The van der Waals surface area contributed by atoms with Crippen molar-refractivity contribution in [2.24, 2.45) is 11.5 Å². The minimum Gasteiger partial charge on any atom is -0.351 e. The summed E-state index contributed by atoms with van der Waals surface area (Å²) in [5, 5.41) is 5.26. The molecule has 0 spiro atoms. The number of carbonyl (C=O) groups is 2. The van der Waals surface area contributed by atoms with Crippen LogP contribution in [0.1, 0.15) is 32.1 Å². The van der Waals surface area contributed by atoms with Gasteiger partial charge < -0.3 is 22.1 Å². The first-order chi connectivity index (χ1) is 9.61. The molecule has 0 bridgehead atoms. The van der Waals surface area contributed by atoms with E-state index >= 15 is 0 Å². The lowest BCUT2D eigenvalue weighted by molar-refractivity contribution is -0.116. The Hall–Kier alpha value is -1.79. The van der Waals surface area contributed by atoms with Crippen LogP contribution in [0.25, 0.3) is 0 Å². The van der Waals surface area contributed by atoms with Crippen LogP contribution in [0.2, 0.25) is 0 Å². The summed E-state index contributed by atoms with van der Waals surface area (Å²) in [6.45, 7) is 0.706. The number of primary amides is 1. The fourth-order valence-electron chi connectivity index (χ4n) is 1.79. The van der Waals surface area contributed by atoms with E-state index in [2.05, 4.69) is 10.6 Å². The Morgan fingerprint density at radius 1 is 0.905 bits per heavy atom. The van der Waals surface area contributed by atoms with Crippen molar-refractivity contribution in [3.63, 3.8) is 0 Å². The maximum Gasteiger partial charge on any atom is 0.316 e. The van der Waals surface area contributed by atoms with Crippen LogP contribution in [0.4, 0.5) is 16.2 Å². The molecule has 1 rings (SSSR count). The second-order valence-corrected chi connectivity index (χ2v) is 4.57. The quantitative estimate of drug-likeness (QED) is 0.553. The van der Waals surface area contributed by atoms with Crippen LogP contribution in [-0.2, 0) is 4.79 Å². The zero-order chi connectivity index (χ0) is 14.8. The Bertz CT molecular complexity index is 437. The van der Waals surface area contributed by atoms with Gasteiger partial charge in [0.1, 0.15) is 0 Å². The number of halogens is 1. The van der Waals surface area contributed by atoms with Gasteiger partial charge in [0.25, 0.3) is 0 Å². The predicted molar refractivity (Wildman–Crippen MR) is 87.7 cm³/mol. The highest BCUT2D eigenvalue weighted by Crippen LogP contribution is 2.14. The number of benzene rings is 1. The summed E-state index contributed by atoms with van der Waals surface area (Å²) >= 11 is 0. The maximum atomic E-state index is 11.7. The molecule has 0 saturated carbocycles. The third-order valence-electron chi connectivity index (χ3n) is 2.79. The summed E-state index contributed by atoms with van der Waals surface area (Å²) in [5.41, 5.74) is 11.7. The van der Waals surface area contributed by atoms with Crippen LogP contribution < -0.4 is 22.1 Å². The van der Waals surface area contributed by atoms with Crippen molar-refractivity contribution in [1.82, 2.24) is 0 Å². The fourth-order valence-corrected chi connectivity index (χ4v) is 1.79. The molecule has 0 aliphatic heterocycles. The topological polar surface area (TPSA) is 110 Å². The van der Waals surface area contributed by atoms with Crippen molar-refractivity contribution < 1.29 is 9.59 Å². The zero-order valence-electron chi connectivity index (χ0n) is 11.9. The average molecular weight is 315 g/mol. The molecular formula is C14H23ClN4O2. The molecule has 118 valence electrons. The van der Waals surface area contributed by atoms with E-state index in [4.69, 9.17) is 11.5 Å². The number of nitrogens with one attached hydrogen (secondary N) is 2. The number of carbonyl (C=O) groups excluding carboxylic acids is 2. The van der Waals surface area contributed by atoms with Crippen molar-refractivity contribution in [2.45, 2.75) is 32.1 Å². The van der Waals surface area contributed by atoms with Gasteiger partial charge in [-0.15, -0.1) is 12.4 Å². The Balaban J connectivity index is 0.00000400. The van der Waals surface area contributed by atoms with Gasteiger partial charge in [0, 0.05) is 17.8 Å². The molecule has 0 atom stereocenters. The molecule has 0 unspecified atom stereocenters. The number of nitrogens with two attached hydrogens (primary N) is 2. The lowest BCUT2D eigenvalue weighted by Gasteiger charge is -2.07. The second kappa shape index (κ2) is 10.9. The van der Waals surface area contributed by atoms with Crippen LogP contribution in [0, 0.1) is 0 Å². The van der Waals surface area contributed by atoms with E-state index in [9.17, 15) is 9.59 Å². The summed E-state index contributed by atoms with van der Waals surface area (Å²) in [6.07, 6.45) is 4.47. The molecule has 7 heteroatoms. The third-order valence-corrected chi connectivity index (χ3v) is 2.79. The Labute approximate surface area is 131 Å². The molecular weight excluding hydrogens is 292 g/mol. The van der Waals surface area contributed by atoms with E-state index < -0.39 is 6.03 Å². The Morgan fingerprint density at radius 3 is 1.95 bits per heavy atom. The largest absolute Gasteiger partial charge is 0.351 e. The van der Waals surface area contributed by atoms with Crippen molar-refractivity contribution in [2.75, 3.05) is 17.2 Å². The summed E-state index contributed by atoms with van der Waals surface area (Å²) in [7, 11) is 0. The zero-order valence-corrected chi connectivity index (χ0v) is 12.7. The number of anilines is 2. The van der Waals surface area contributed by atoms with Crippen LogP contribution in [-0.4, -0.2) is 18.5 Å². The standard InChI is InChI=1S/C14H22N4O2.ClH/c15-10-4-2-1-3-5-13(19)17-11-6-8-12(9-7-11)18-14(16)20;/h6-9H,1-5,10,15H2,(H,17,19)(H3,16,18,20);1H. The fraction of sp³-hybridized carbons (Fsp3) is 0.429. The Morgan fingerprint density at radius 2 is 1.43 bits per heavy atom. The third kappa shape index (κ3) is 8.88. The van der Waals surface area contributed by atoms with Crippen LogP contribution in [0.5, 0.6) is 0 Å². The molecule has 1 aromatic carbocycles. The number of rotatable bonds is 8. The van der Waals surface area contributed by atoms with Crippen LogP contribution in [0.15, 0.2) is 24.3 Å². The maximum absolute atomic E-state index is 11.7. The lowest BCUT2D eigenvalue weighted by Crippen LogP contribution is -2.19. The molecule has 3 amide bonds. The first kappa shape index (κ1) is 19.2. The lowest BCUT2D eigenvalue weighted by atomic mass is 10.1. The molecule has 0 saturated heterocycles. The van der Waals surface area contributed by atoms with Crippen molar-refractivity contribution >= 4 is 35.7 Å². The first-order valence-corrected chi connectivity index (χ1v) is 6.78. The summed E-state index contributed by atoms with van der Waals surface area (Å²) in [6, 6.07) is 6.19. The average Bonchev–Trinajstić information content (AvgIpc) is 2.40. The number of amides is 3. The van der Waals surface area contributed by atoms with Crippen molar-refractivity contribution in [1.29, 1.82) is 0 Å². The highest BCUT2D eigenvalue weighted by atomic mass is 35.5. The molecule has 1 aromatic rings.